The van der Waals surface area contributed by atoms with Crippen molar-refractivity contribution in [1.82, 2.24) is 0 Å². The van der Waals surface area contributed by atoms with Gasteiger partial charge in [-0.3, -0.25) is 0 Å². The van der Waals surface area contributed by atoms with Gasteiger partial charge in [-0.1, -0.05) is 23.2 Å². The summed E-state index contributed by atoms with van der Waals surface area (Å²) in [6, 6.07) is 1.04. The molecule has 62 valence electrons. The van der Waals surface area contributed by atoms with Crippen LogP contribution in [0.1, 0.15) is 0 Å². The second-order valence-corrected chi connectivity index (χ2v) is 5.28. The molecule has 8 heteroatoms. The predicted molar refractivity (Wildman–Crippen MR) is 42.3 cm³/mol. The third kappa shape index (κ3) is 3.53. The van der Waals surface area contributed by atoms with Crippen molar-refractivity contribution in [3.8, 4) is 0 Å². The fourth-order valence-corrected chi connectivity index (χ4v) is 3.08. The quantitative estimate of drug-likeness (QED) is 0.484. The number of hydrogen-bond acceptors (Lipinski definition) is 4. The summed E-state index contributed by atoms with van der Waals surface area (Å²) in [6.45, 7) is 0. The normalized spacial score (nSPS) is 10.9. The van der Waals surface area contributed by atoms with Gasteiger partial charge in [-0.15, -0.1) is 11.3 Å². The minimum atomic E-state index is -4.47. The molecule has 0 spiro atoms. The Labute approximate surface area is 126 Å². The van der Waals surface area contributed by atoms with Crippen LogP contribution in [0.4, 0.5) is 0 Å². The molecular formula is C4HCl2KO3S2. The van der Waals surface area contributed by atoms with Gasteiger partial charge < -0.3 is 4.55 Å². The number of hydrogen-bond donors (Lipinski definition) is 0. The first kappa shape index (κ1) is 13.8. The molecule has 1 aromatic rings. The molecule has 0 fully saturated rings. The van der Waals surface area contributed by atoms with Crippen molar-refractivity contribution < 1.29 is 64.4 Å². The van der Waals surface area contributed by atoms with E-state index in [1.807, 2.05) is 0 Å². The van der Waals surface area contributed by atoms with E-state index in [2.05, 4.69) is 0 Å². The van der Waals surface area contributed by atoms with Gasteiger partial charge in [0.2, 0.25) is 0 Å². The van der Waals surface area contributed by atoms with Crippen LogP contribution >= 0.6 is 34.5 Å². The first-order valence-electron chi connectivity index (χ1n) is 2.32. The van der Waals surface area contributed by atoms with Gasteiger partial charge in [0, 0.05) is 0 Å². The van der Waals surface area contributed by atoms with E-state index < -0.39 is 15.0 Å². The van der Waals surface area contributed by atoms with Crippen molar-refractivity contribution in [1.29, 1.82) is 0 Å². The molecular weight excluding hydrogens is 270 g/mol. The van der Waals surface area contributed by atoms with Crippen LogP contribution in [0.3, 0.4) is 0 Å². The fourth-order valence-electron chi connectivity index (χ4n) is 0.496. The van der Waals surface area contributed by atoms with Crippen LogP contribution < -0.4 is 51.4 Å². The summed E-state index contributed by atoms with van der Waals surface area (Å²) in [5, 5.41) is 0. The van der Waals surface area contributed by atoms with Crippen molar-refractivity contribution in [3.05, 3.63) is 14.7 Å². The first-order valence-corrected chi connectivity index (χ1v) is 5.30. The summed E-state index contributed by atoms with van der Waals surface area (Å²) in [6.07, 6.45) is 0. The number of thiophene rings is 1. The van der Waals surface area contributed by atoms with Crippen LogP contribution in [0.2, 0.25) is 8.67 Å². The molecule has 12 heavy (non-hydrogen) atoms. The maximum Gasteiger partial charge on any atom is 1.00 e. The summed E-state index contributed by atoms with van der Waals surface area (Å²) in [4.78, 5) is -0.450. The molecule has 0 aliphatic carbocycles. The average molecular weight is 271 g/mol. The zero-order valence-corrected chi connectivity index (χ0v) is 12.1. The molecule has 3 nitrogen and oxygen atoms in total. The predicted octanol–water partition coefficient (Wildman–Crippen LogP) is -1.04. The van der Waals surface area contributed by atoms with Crippen LogP contribution in [-0.4, -0.2) is 13.0 Å². The molecule has 0 atom stereocenters. The SMILES string of the molecule is O=S(=O)([O-])c1cc(Cl)sc1Cl.[K+]. The van der Waals surface area contributed by atoms with Gasteiger partial charge in [0.25, 0.3) is 0 Å². The third-order valence-electron chi connectivity index (χ3n) is 0.895. The van der Waals surface area contributed by atoms with Gasteiger partial charge >= 0.3 is 51.4 Å². The zero-order valence-electron chi connectivity index (χ0n) is 5.87. The Morgan fingerprint density at radius 1 is 1.42 bits per heavy atom. The molecule has 0 radical (unpaired) electrons. The number of rotatable bonds is 1. The van der Waals surface area contributed by atoms with E-state index >= 15 is 0 Å². The van der Waals surface area contributed by atoms with E-state index in [4.69, 9.17) is 23.2 Å². The van der Waals surface area contributed by atoms with E-state index in [1.165, 1.54) is 0 Å². The van der Waals surface area contributed by atoms with Gasteiger partial charge in [0.05, 0.1) is 9.23 Å². The van der Waals surface area contributed by atoms with Gasteiger partial charge in [0.15, 0.2) is 0 Å². The van der Waals surface area contributed by atoms with Crippen LogP contribution in [0.5, 0.6) is 0 Å². The fraction of sp³-hybridized carbons (Fsp3) is 0. The Morgan fingerprint density at radius 2 is 1.92 bits per heavy atom. The van der Waals surface area contributed by atoms with E-state index in [0.717, 1.165) is 17.4 Å². The summed E-state index contributed by atoms with van der Waals surface area (Å²) in [5.41, 5.74) is 0. The summed E-state index contributed by atoms with van der Waals surface area (Å²) >= 11 is 11.6. The zero-order chi connectivity index (χ0) is 8.65. The van der Waals surface area contributed by atoms with Gasteiger partial charge in [-0.25, -0.2) is 8.42 Å². The van der Waals surface area contributed by atoms with Crippen LogP contribution in [0.25, 0.3) is 0 Å². The summed E-state index contributed by atoms with van der Waals surface area (Å²) < 4.78 is 31.2. The van der Waals surface area contributed by atoms with E-state index in [9.17, 15) is 13.0 Å². The van der Waals surface area contributed by atoms with Crippen molar-refractivity contribution in [2.45, 2.75) is 4.90 Å². The van der Waals surface area contributed by atoms with Crippen molar-refractivity contribution in [2.24, 2.45) is 0 Å². The largest absolute Gasteiger partial charge is 1.00 e. The molecule has 0 aliphatic rings. The van der Waals surface area contributed by atoms with E-state index in [-0.39, 0.29) is 60.1 Å². The average Bonchev–Trinajstić information content (AvgIpc) is 2.08. The molecule has 0 bridgehead atoms. The Bertz CT molecular complexity index is 372. The van der Waals surface area contributed by atoms with Crippen LogP contribution in [0.15, 0.2) is 11.0 Å². The van der Waals surface area contributed by atoms with Crippen molar-refractivity contribution in [3.63, 3.8) is 0 Å². The second-order valence-electron chi connectivity index (χ2n) is 1.64. The van der Waals surface area contributed by atoms with Crippen molar-refractivity contribution >= 4 is 44.7 Å². The topological polar surface area (TPSA) is 57.2 Å². The molecule has 0 N–H and O–H groups in total. The standard InChI is InChI=1S/C4H2Cl2O3S2.K/c5-3-1-2(4(6)10-3)11(7,8)9;/h1H,(H,7,8,9);/q;+1/p-1. The maximum atomic E-state index is 10.4. The molecule has 0 saturated heterocycles. The second kappa shape index (κ2) is 5.06. The van der Waals surface area contributed by atoms with E-state index in [1.54, 1.807) is 0 Å². The molecule has 0 aliphatic heterocycles. The molecule has 0 unspecified atom stereocenters. The Balaban J connectivity index is 0.00000121. The van der Waals surface area contributed by atoms with Crippen LogP contribution in [-0.2, 0) is 10.1 Å². The number of halogens is 2. The summed E-state index contributed by atoms with van der Waals surface area (Å²) in [5.74, 6) is 0. The molecule has 0 saturated carbocycles. The molecule has 0 amide bonds. The minimum Gasteiger partial charge on any atom is -0.744 e. The Hall–Kier alpha value is 1.83. The van der Waals surface area contributed by atoms with Crippen molar-refractivity contribution in [2.75, 3.05) is 0 Å². The third-order valence-corrected chi connectivity index (χ3v) is 3.48. The van der Waals surface area contributed by atoms with Gasteiger partial charge in [-0.2, -0.15) is 0 Å². The molecule has 0 aromatic carbocycles. The molecule has 1 rings (SSSR count). The maximum absolute atomic E-state index is 10.4. The van der Waals surface area contributed by atoms with Gasteiger partial charge in [0.1, 0.15) is 14.5 Å². The first-order chi connectivity index (χ1) is 4.91. The Kier molecular flexibility index (Phi) is 5.83. The van der Waals surface area contributed by atoms with Gasteiger partial charge in [-0.05, 0) is 6.07 Å². The minimum absolute atomic E-state index is 0. The summed E-state index contributed by atoms with van der Waals surface area (Å²) in [7, 11) is -4.47. The monoisotopic (exact) mass is 270 g/mol. The van der Waals surface area contributed by atoms with E-state index in [0.29, 0.717) is 0 Å². The van der Waals surface area contributed by atoms with Crippen LogP contribution in [0, 0.1) is 0 Å². The molecule has 1 heterocycles. The molecule has 1 aromatic heterocycles. The Morgan fingerprint density at radius 3 is 2.08 bits per heavy atom. The smallest absolute Gasteiger partial charge is 0.744 e.